The maximum absolute atomic E-state index is 14.2. The normalized spacial score (nSPS) is 21.1. The van der Waals surface area contributed by atoms with E-state index in [1.54, 1.807) is 56.4 Å². The average molecular weight is 1090 g/mol. The Bertz CT molecular complexity index is 3310. The van der Waals surface area contributed by atoms with E-state index in [2.05, 4.69) is 60.9 Å². The maximum atomic E-state index is 14.2. The summed E-state index contributed by atoms with van der Waals surface area (Å²) in [5.41, 5.74) is 6.43. The number of piperazine rings is 1. The van der Waals surface area contributed by atoms with Crippen LogP contribution in [0.15, 0.2) is 67.1 Å². The van der Waals surface area contributed by atoms with Crippen LogP contribution in [0.25, 0.3) is 11.1 Å². The molecule has 78 heavy (non-hydrogen) atoms. The smallest absolute Gasteiger partial charge is 0.471 e. The zero-order valence-corrected chi connectivity index (χ0v) is 45.4. The van der Waals surface area contributed by atoms with E-state index in [4.69, 9.17) is 24.5 Å². The van der Waals surface area contributed by atoms with E-state index in [0.29, 0.717) is 69.6 Å². The van der Waals surface area contributed by atoms with Gasteiger partial charge in [0.25, 0.3) is 23.6 Å². The first-order valence-corrected chi connectivity index (χ1v) is 27.9. The van der Waals surface area contributed by atoms with Crippen molar-refractivity contribution in [3.8, 4) is 17.0 Å². The molecule has 1 aliphatic carbocycles. The summed E-state index contributed by atoms with van der Waals surface area (Å²) in [4.78, 5) is 110. The molecule has 5 amide bonds. The van der Waals surface area contributed by atoms with Crippen molar-refractivity contribution in [1.29, 1.82) is 0 Å². The molecule has 0 radical (unpaired) electrons. The van der Waals surface area contributed by atoms with E-state index in [1.807, 2.05) is 30.5 Å². The Balaban J connectivity index is 0.715. The standard InChI is InChI=1S/C55H64N11O11P/c1-32-30-61(35-14-17-60(18-15-35)36-7-9-39-40(25-36)51(69)66(50(39)68)42-10-12-46(67)65(52(42)70)31-77-78(73,74)75)19-20-62(32)37-8-11-45(57-29-37)59-41-23-34(28-58-49(41)76-6)38-13-16-56-48(47(38)55(4,5)72)64-22-21-63-43(53(64)71)24-33-26-54(2,3)27-44(33)63/h7-9,11,13,16,23-25,28-29,32,35,42,72H,10,12,14-15,17-22,26-27,30-31H2,1-6H3,(H,57,59)(H2,73,74,75)/t32-,42-/m0/s1. The Hall–Kier alpha value is -7.07. The minimum absolute atomic E-state index is 0.112. The Morgan fingerprint density at radius 2 is 1.58 bits per heavy atom. The molecule has 1 aromatic carbocycles. The number of nitrogens with one attached hydrogen (secondary N) is 1. The highest BCUT2D eigenvalue weighted by molar-refractivity contribution is 7.46. The predicted octanol–water partition coefficient (Wildman–Crippen LogP) is 5.46. The molecule has 9 heterocycles. The molecular formula is C55H64N11O11P. The van der Waals surface area contributed by atoms with Crippen molar-refractivity contribution in [2.45, 2.75) is 103 Å². The second-order valence-corrected chi connectivity index (χ2v) is 23.7. The number of rotatable bonds is 13. The van der Waals surface area contributed by atoms with E-state index >= 15 is 0 Å². The lowest BCUT2D eigenvalue weighted by molar-refractivity contribution is -0.155. The molecule has 5 aliphatic heterocycles. The number of likely N-dealkylation sites (tertiary alicyclic amines) is 1. The Kier molecular flexibility index (Phi) is 13.6. The molecular weight excluding hydrogens is 1020 g/mol. The number of anilines is 5. The van der Waals surface area contributed by atoms with Gasteiger partial charge in [0.05, 0.1) is 35.7 Å². The number of hydrogen-bond acceptors (Lipinski definition) is 16. The molecule has 0 unspecified atom stereocenters. The molecule has 4 N–H and O–H groups in total. The van der Waals surface area contributed by atoms with Gasteiger partial charge in [-0.2, -0.15) is 0 Å². The number of methoxy groups -OCH3 is 1. The first-order valence-electron chi connectivity index (χ1n) is 26.4. The number of phosphoric acid groups is 1. The highest BCUT2D eigenvalue weighted by Gasteiger charge is 2.48. The second kappa shape index (κ2) is 20.0. The largest absolute Gasteiger partial charge is 0.480 e. The molecule has 410 valence electrons. The number of benzene rings is 1. The number of carbonyl (C=O) groups is 5. The lowest BCUT2D eigenvalue weighted by Gasteiger charge is -2.46. The van der Waals surface area contributed by atoms with Gasteiger partial charge in [-0.05, 0) is 118 Å². The fraction of sp³-hybridized carbons (Fsp3) is 0.455. The Morgan fingerprint density at radius 3 is 2.28 bits per heavy atom. The quantitative estimate of drug-likeness (QED) is 0.0843. The van der Waals surface area contributed by atoms with Gasteiger partial charge in [0, 0.05) is 99.2 Å². The third-order valence-electron chi connectivity index (χ3n) is 16.2. The summed E-state index contributed by atoms with van der Waals surface area (Å²) in [6.07, 6.45) is 8.52. The number of fused-ring (bicyclic) bond motifs is 4. The number of carbonyl (C=O) groups excluding carboxylic acids is 5. The summed E-state index contributed by atoms with van der Waals surface area (Å²) in [6.45, 7) is 14.2. The van der Waals surface area contributed by atoms with Gasteiger partial charge in [-0.15, -0.1) is 0 Å². The molecule has 0 spiro atoms. The van der Waals surface area contributed by atoms with Gasteiger partial charge < -0.3 is 39.3 Å². The van der Waals surface area contributed by atoms with Crippen LogP contribution < -0.4 is 24.8 Å². The van der Waals surface area contributed by atoms with Gasteiger partial charge >= 0.3 is 7.82 Å². The minimum atomic E-state index is -5.01. The van der Waals surface area contributed by atoms with Crippen LogP contribution in [0, 0.1) is 5.41 Å². The van der Waals surface area contributed by atoms with Gasteiger partial charge in [0.15, 0.2) is 0 Å². The van der Waals surface area contributed by atoms with E-state index in [1.165, 1.54) is 11.3 Å². The summed E-state index contributed by atoms with van der Waals surface area (Å²) in [7, 11) is -3.45. The SMILES string of the molecule is COc1ncc(-c2ccnc(N3CCn4c(cc5c4CC(C)(C)C5)C3=O)c2C(C)(C)O)cc1Nc1ccc(N2CCN(C3CCN(c4ccc5c(c4)C(=O)N([C@H]4CCC(=O)N(COP(=O)(O)O)C4=O)C5=O)CC3)C[C@@H]2C)cn1. The van der Waals surface area contributed by atoms with Crippen molar-refractivity contribution in [2.24, 2.45) is 5.41 Å². The molecule has 0 saturated carbocycles. The van der Waals surface area contributed by atoms with E-state index in [9.17, 15) is 33.6 Å². The van der Waals surface area contributed by atoms with Gasteiger partial charge in [0.1, 0.15) is 35.8 Å². The van der Waals surface area contributed by atoms with Crippen molar-refractivity contribution >= 4 is 66.1 Å². The van der Waals surface area contributed by atoms with Crippen LogP contribution in [0.5, 0.6) is 5.88 Å². The van der Waals surface area contributed by atoms with Crippen molar-refractivity contribution < 1.29 is 52.7 Å². The molecule has 6 aliphatic rings. The topological polar surface area (TPSA) is 257 Å². The van der Waals surface area contributed by atoms with Crippen molar-refractivity contribution in [3.63, 3.8) is 0 Å². The fourth-order valence-electron chi connectivity index (χ4n) is 12.5. The summed E-state index contributed by atoms with van der Waals surface area (Å²) < 4.78 is 23.5. The third kappa shape index (κ3) is 9.82. The molecule has 0 bridgehead atoms. The van der Waals surface area contributed by atoms with Gasteiger partial charge in [-0.25, -0.2) is 19.5 Å². The number of aliphatic hydroxyl groups is 1. The first-order chi connectivity index (χ1) is 37.1. The van der Waals surface area contributed by atoms with Crippen molar-refractivity contribution in [3.05, 3.63) is 101 Å². The summed E-state index contributed by atoms with van der Waals surface area (Å²) in [5.74, 6) is -1.79. The number of pyridine rings is 3. The summed E-state index contributed by atoms with van der Waals surface area (Å²) in [6, 6.07) is 14.0. The minimum Gasteiger partial charge on any atom is -0.480 e. The van der Waals surface area contributed by atoms with Gasteiger partial charge in [-0.3, -0.25) is 48.1 Å². The van der Waals surface area contributed by atoms with Crippen LogP contribution in [0.4, 0.5) is 28.7 Å². The molecule has 22 nitrogen and oxygen atoms in total. The van der Waals surface area contributed by atoms with E-state index < -0.39 is 49.8 Å². The summed E-state index contributed by atoms with van der Waals surface area (Å²) >= 11 is 0. The first kappa shape index (κ1) is 53.0. The molecule has 3 fully saturated rings. The van der Waals surface area contributed by atoms with Crippen LogP contribution in [0.2, 0.25) is 0 Å². The van der Waals surface area contributed by atoms with Crippen molar-refractivity contribution in [2.75, 3.05) is 73.1 Å². The highest BCUT2D eigenvalue weighted by atomic mass is 31.2. The number of ether oxygens (including phenoxy) is 1. The Labute approximate surface area is 451 Å². The number of phosphoric ester groups is 1. The lowest BCUT2D eigenvalue weighted by atomic mass is 9.89. The van der Waals surface area contributed by atoms with Crippen LogP contribution >= 0.6 is 7.82 Å². The molecule has 5 aromatic rings. The molecule has 3 saturated heterocycles. The fourth-order valence-corrected chi connectivity index (χ4v) is 12.7. The van der Waals surface area contributed by atoms with E-state index in [0.717, 1.165) is 74.7 Å². The monoisotopic (exact) mass is 1090 g/mol. The number of hydrogen-bond donors (Lipinski definition) is 4. The van der Waals surface area contributed by atoms with Crippen molar-refractivity contribution in [1.82, 2.24) is 34.2 Å². The van der Waals surface area contributed by atoms with Crippen LogP contribution in [-0.4, -0.2) is 150 Å². The second-order valence-electron chi connectivity index (χ2n) is 22.5. The number of imide groups is 2. The molecule has 2 atom stereocenters. The number of amides is 5. The number of aromatic nitrogens is 4. The molecule has 23 heteroatoms. The maximum Gasteiger partial charge on any atom is 0.471 e. The van der Waals surface area contributed by atoms with E-state index in [-0.39, 0.29) is 41.3 Å². The zero-order valence-electron chi connectivity index (χ0n) is 44.5. The van der Waals surface area contributed by atoms with Crippen LogP contribution in [-0.2, 0) is 43.7 Å². The highest BCUT2D eigenvalue weighted by Crippen LogP contribution is 2.44. The number of piperidine rings is 2. The number of nitrogens with zero attached hydrogens (tertiary/aromatic N) is 10. The van der Waals surface area contributed by atoms with Gasteiger partial charge in [0.2, 0.25) is 11.8 Å². The Morgan fingerprint density at radius 1 is 0.821 bits per heavy atom. The summed E-state index contributed by atoms with van der Waals surface area (Å²) in [5, 5.41) is 15.2. The lowest BCUT2D eigenvalue weighted by Crippen LogP contribution is -2.57. The predicted molar refractivity (Wildman–Crippen MR) is 288 cm³/mol. The molecule has 11 rings (SSSR count). The van der Waals surface area contributed by atoms with Crippen LogP contribution in [0.1, 0.15) is 108 Å². The zero-order chi connectivity index (χ0) is 55.2. The molecule has 4 aromatic heterocycles. The average Bonchev–Trinajstić information content (AvgIpc) is 4.22. The van der Waals surface area contributed by atoms with Gasteiger partial charge in [-0.1, -0.05) is 13.8 Å². The third-order valence-corrected chi connectivity index (χ3v) is 16.6. The van der Waals surface area contributed by atoms with Crippen LogP contribution in [0.3, 0.4) is 0 Å².